The number of nitrogens with two attached hydrogens (primary N) is 1. The molecule has 3 rings (SSSR count). The summed E-state index contributed by atoms with van der Waals surface area (Å²) in [7, 11) is 0. The third-order valence-corrected chi connectivity index (χ3v) is 6.16. The Morgan fingerprint density at radius 1 is 1.44 bits per heavy atom. The summed E-state index contributed by atoms with van der Waals surface area (Å²) in [6.07, 6.45) is 0.355. The summed E-state index contributed by atoms with van der Waals surface area (Å²) in [5.74, 6) is -0.0196. The first-order chi connectivity index (χ1) is 11.8. The molecule has 6 heteroatoms. The molecule has 2 aliphatic rings. The van der Waals surface area contributed by atoms with Crippen molar-refractivity contribution in [2.45, 2.75) is 44.9 Å². The summed E-state index contributed by atoms with van der Waals surface area (Å²) in [4.78, 5) is 15.0. The van der Waals surface area contributed by atoms with Gasteiger partial charge in [-0.1, -0.05) is 43.6 Å². The van der Waals surface area contributed by atoms with E-state index in [1.54, 1.807) is 0 Å². The van der Waals surface area contributed by atoms with Gasteiger partial charge < -0.3 is 20.1 Å². The van der Waals surface area contributed by atoms with Crippen molar-refractivity contribution >= 4 is 17.5 Å². The molecular weight excluding hydrogens is 340 g/mol. The van der Waals surface area contributed by atoms with Gasteiger partial charge in [0.05, 0.1) is 19.3 Å². The van der Waals surface area contributed by atoms with Crippen molar-refractivity contribution in [3.8, 4) is 0 Å². The predicted molar refractivity (Wildman–Crippen MR) is 97.5 cm³/mol. The molecule has 5 nitrogen and oxygen atoms in total. The fourth-order valence-electron chi connectivity index (χ4n) is 3.84. The van der Waals surface area contributed by atoms with Gasteiger partial charge in [0.15, 0.2) is 0 Å². The van der Waals surface area contributed by atoms with Gasteiger partial charge >= 0.3 is 0 Å². The summed E-state index contributed by atoms with van der Waals surface area (Å²) in [6.45, 7) is 8.12. The van der Waals surface area contributed by atoms with Crippen molar-refractivity contribution in [1.82, 2.24) is 4.90 Å². The summed E-state index contributed by atoms with van der Waals surface area (Å²) in [5.41, 5.74) is 6.18. The van der Waals surface area contributed by atoms with Crippen LogP contribution in [0.5, 0.6) is 0 Å². The number of hydrogen-bond donors (Lipinski definition) is 1. The van der Waals surface area contributed by atoms with Crippen LogP contribution < -0.4 is 5.73 Å². The van der Waals surface area contributed by atoms with Gasteiger partial charge in [0.25, 0.3) is 0 Å². The number of amides is 1. The minimum atomic E-state index is -0.894. The standard InChI is InChI=1S/C19H27ClN2O3/c1-4-24-16-11-19(21,18(16,2)3)17(23)22-9-10-25-15(12-22)13-7-5-6-8-14(13)20/h5-8,15-16H,4,9-12,21H2,1-3H3. The van der Waals surface area contributed by atoms with Crippen molar-refractivity contribution in [2.24, 2.45) is 11.1 Å². The van der Waals surface area contributed by atoms with E-state index in [9.17, 15) is 4.79 Å². The quantitative estimate of drug-likeness (QED) is 0.889. The molecule has 3 atom stereocenters. The van der Waals surface area contributed by atoms with Crippen molar-refractivity contribution in [3.05, 3.63) is 34.9 Å². The molecule has 0 aromatic heterocycles. The molecule has 0 radical (unpaired) electrons. The van der Waals surface area contributed by atoms with Crippen LogP contribution in [0.1, 0.15) is 38.9 Å². The molecule has 1 aliphatic heterocycles. The Morgan fingerprint density at radius 2 is 2.16 bits per heavy atom. The molecule has 1 aromatic rings. The third kappa shape index (κ3) is 3.08. The van der Waals surface area contributed by atoms with Crippen LogP contribution in [0.3, 0.4) is 0 Å². The number of morpholine rings is 1. The Bertz CT molecular complexity index is 651. The van der Waals surface area contributed by atoms with Crippen LogP contribution in [0.4, 0.5) is 0 Å². The maximum absolute atomic E-state index is 13.2. The maximum Gasteiger partial charge on any atom is 0.243 e. The first-order valence-electron chi connectivity index (χ1n) is 8.87. The van der Waals surface area contributed by atoms with Gasteiger partial charge in [-0.15, -0.1) is 0 Å². The summed E-state index contributed by atoms with van der Waals surface area (Å²) < 4.78 is 11.6. The minimum Gasteiger partial charge on any atom is -0.378 e. The molecule has 3 unspecified atom stereocenters. The molecule has 2 N–H and O–H groups in total. The SMILES string of the molecule is CCOC1CC(N)(C(=O)N2CCOC(c3ccccc3Cl)C2)C1(C)C. The zero-order chi connectivity index (χ0) is 18.2. The predicted octanol–water partition coefficient (Wildman–Crippen LogP) is 2.77. The highest BCUT2D eigenvalue weighted by molar-refractivity contribution is 6.31. The van der Waals surface area contributed by atoms with Crippen LogP contribution >= 0.6 is 11.6 Å². The molecule has 1 heterocycles. The second-order valence-electron chi connectivity index (χ2n) is 7.47. The van der Waals surface area contributed by atoms with E-state index in [-0.39, 0.29) is 18.1 Å². The molecule has 0 spiro atoms. The second kappa shape index (κ2) is 6.88. The number of carbonyl (C=O) groups excluding carboxylic acids is 1. The Hall–Kier alpha value is -1.14. The van der Waals surface area contributed by atoms with Crippen LogP contribution in [-0.4, -0.2) is 48.8 Å². The number of carbonyl (C=O) groups is 1. The summed E-state index contributed by atoms with van der Waals surface area (Å²) >= 11 is 6.29. The zero-order valence-corrected chi connectivity index (χ0v) is 15.9. The van der Waals surface area contributed by atoms with E-state index in [1.807, 2.05) is 49.9 Å². The molecule has 2 fully saturated rings. The monoisotopic (exact) mass is 366 g/mol. The van der Waals surface area contributed by atoms with E-state index < -0.39 is 11.0 Å². The lowest BCUT2D eigenvalue weighted by atomic mass is 9.54. The highest BCUT2D eigenvalue weighted by Gasteiger charge is 2.63. The molecule has 1 saturated carbocycles. The lowest BCUT2D eigenvalue weighted by molar-refractivity contribution is -0.184. The fraction of sp³-hybridized carbons (Fsp3) is 0.632. The fourth-order valence-corrected chi connectivity index (χ4v) is 4.10. The zero-order valence-electron chi connectivity index (χ0n) is 15.1. The Balaban J connectivity index is 1.74. The van der Waals surface area contributed by atoms with Crippen LogP contribution in [-0.2, 0) is 14.3 Å². The van der Waals surface area contributed by atoms with Crippen molar-refractivity contribution in [1.29, 1.82) is 0 Å². The third-order valence-electron chi connectivity index (χ3n) is 5.82. The largest absolute Gasteiger partial charge is 0.378 e. The molecule has 0 bridgehead atoms. The lowest BCUT2D eigenvalue weighted by Gasteiger charge is -2.59. The van der Waals surface area contributed by atoms with Crippen molar-refractivity contribution in [3.63, 3.8) is 0 Å². The highest BCUT2D eigenvalue weighted by Crippen LogP contribution is 2.50. The number of rotatable bonds is 4. The van der Waals surface area contributed by atoms with Gasteiger partial charge in [-0.3, -0.25) is 4.79 Å². The first kappa shape index (κ1) is 18.6. The van der Waals surface area contributed by atoms with Crippen molar-refractivity contribution < 1.29 is 14.3 Å². The first-order valence-corrected chi connectivity index (χ1v) is 9.25. The molecule has 25 heavy (non-hydrogen) atoms. The van der Waals surface area contributed by atoms with E-state index >= 15 is 0 Å². The molecular formula is C19H27ClN2O3. The lowest BCUT2D eigenvalue weighted by Crippen LogP contribution is -2.76. The topological polar surface area (TPSA) is 64.8 Å². The van der Waals surface area contributed by atoms with Gasteiger partial charge in [0.2, 0.25) is 5.91 Å². The van der Waals surface area contributed by atoms with Crippen LogP contribution in [0.25, 0.3) is 0 Å². The van der Waals surface area contributed by atoms with E-state index in [0.717, 1.165) is 5.56 Å². The highest BCUT2D eigenvalue weighted by atomic mass is 35.5. The number of nitrogens with zero attached hydrogens (tertiary/aromatic N) is 1. The molecule has 138 valence electrons. The Kier molecular flexibility index (Phi) is 5.13. The number of hydrogen-bond acceptors (Lipinski definition) is 4. The van der Waals surface area contributed by atoms with E-state index in [0.29, 0.717) is 37.7 Å². The van der Waals surface area contributed by atoms with Gasteiger partial charge in [0.1, 0.15) is 11.6 Å². The summed E-state index contributed by atoms with van der Waals surface area (Å²) in [5, 5.41) is 0.657. The van der Waals surface area contributed by atoms with Gasteiger partial charge in [-0.05, 0) is 13.0 Å². The number of halogens is 1. The number of benzene rings is 1. The van der Waals surface area contributed by atoms with E-state index in [2.05, 4.69) is 0 Å². The molecule has 1 aromatic carbocycles. The molecule has 1 saturated heterocycles. The van der Waals surface area contributed by atoms with E-state index in [1.165, 1.54) is 0 Å². The van der Waals surface area contributed by atoms with Gasteiger partial charge in [-0.25, -0.2) is 0 Å². The van der Waals surface area contributed by atoms with Crippen LogP contribution in [0, 0.1) is 5.41 Å². The average Bonchev–Trinajstić information content (AvgIpc) is 2.61. The second-order valence-corrected chi connectivity index (χ2v) is 7.88. The minimum absolute atomic E-state index is 0.0196. The smallest absolute Gasteiger partial charge is 0.243 e. The van der Waals surface area contributed by atoms with E-state index in [4.69, 9.17) is 26.8 Å². The molecule has 1 amide bonds. The average molecular weight is 367 g/mol. The maximum atomic E-state index is 13.2. The van der Waals surface area contributed by atoms with Crippen molar-refractivity contribution in [2.75, 3.05) is 26.3 Å². The van der Waals surface area contributed by atoms with Crippen LogP contribution in [0.15, 0.2) is 24.3 Å². The number of ether oxygens (including phenoxy) is 2. The molecule has 1 aliphatic carbocycles. The Labute approximate surface area is 154 Å². The van der Waals surface area contributed by atoms with Gasteiger partial charge in [-0.2, -0.15) is 0 Å². The van der Waals surface area contributed by atoms with Gasteiger partial charge in [0, 0.05) is 35.6 Å². The normalized spacial score (nSPS) is 31.5. The van der Waals surface area contributed by atoms with Crippen LogP contribution in [0.2, 0.25) is 5.02 Å². The summed E-state index contributed by atoms with van der Waals surface area (Å²) in [6, 6.07) is 7.60. The Morgan fingerprint density at radius 3 is 2.80 bits per heavy atom.